The van der Waals surface area contributed by atoms with Gasteiger partial charge in [-0.05, 0) is 61.4 Å². The Kier molecular flexibility index (Phi) is 5.89. The number of amides is 1. The van der Waals surface area contributed by atoms with Crippen molar-refractivity contribution in [1.82, 2.24) is 9.88 Å². The van der Waals surface area contributed by atoms with E-state index in [1.54, 1.807) is 24.3 Å². The lowest BCUT2D eigenvalue weighted by atomic mass is 10.1. The summed E-state index contributed by atoms with van der Waals surface area (Å²) in [5.41, 5.74) is 3.00. The summed E-state index contributed by atoms with van der Waals surface area (Å²) in [6.07, 6.45) is 2.83. The standard InChI is InChI=1S/C22H21FN2O3/c1-15-5-8-18(13-20(15)25-11-3-4-12-25)22(27)28-16(2)21(26)24-14-17-6-9-19(23)10-7-17/h3-13,16H,14H2,1-2H3,(H,24,26). The van der Waals surface area contributed by atoms with Crippen LogP contribution >= 0.6 is 0 Å². The first-order valence-corrected chi connectivity index (χ1v) is 8.91. The van der Waals surface area contributed by atoms with Crippen molar-refractivity contribution < 1.29 is 18.7 Å². The van der Waals surface area contributed by atoms with E-state index < -0.39 is 18.0 Å². The van der Waals surface area contributed by atoms with Crippen molar-refractivity contribution in [3.05, 3.63) is 89.5 Å². The van der Waals surface area contributed by atoms with Gasteiger partial charge in [0.05, 0.1) is 5.56 Å². The Morgan fingerprint density at radius 1 is 1.11 bits per heavy atom. The third-order valence-electron chi connectivity index (χ3n) is 4.36. The molecule has 1 heterocycles. The van der Waals surface area contributed by atoms with Gasteiger partial charge in [-0.3, -0.25) is 4.79 Å². The van der Waals surface area contributed by atoms with Gasteiger partial charge in [0.2, 0.25) is 0 Å². The van der Waals surface area contributed by atoms with E-state index >= 15 is 0 Å². The molecule has 1 unspecified atom stereocenters. The number of esters is 1. The second kappa shape index (κ2) is 8.52. The van der Waals surface area contributed by atoms with Crippen LogP contribution < -0.4 is 5.32 Å². The zero-order valence-corrected chi connectivity index (χ0v) is 15.7. The lowest BCUT2D eigenvalue weighted by molar-refractivity contribution is -0.129. The maximum Gasteiger partial charge on any atom is 0.338 e. The summed E-state index contributed by atoms with van der Waals surface area (Å²) < 4.78 is 20.1. The predicted molar refractivity (Wildman–Crippen MR) is 104 cm³/mol. The second-order valence-electron chi connectivity index (χ2n) is 6.48. The predicted octanol–water partition coefficient (Wildman–Crippen LogP) is 3.79. The molecule has 0 aliphatic heterocycles. The number of benzene rings is 2. The fourth-order valence-corrected chi connectivity index (χ4v) is 2.73. The third-order valence-corrected chi connectivity index (χ3v) is 4.36. The number of halogens is 1. The third kappa shape index (κ3) is 4.65. The fraction of sp³-hybridized carbons (Fsp3) is 0.182. The minimum atomic E-state index is -0.954. The highest BCUT2D eigenvalue weighted by molar-refractivity contribution is 5.92. The summed E-state index contributed by atoms with van der Waals surface area (Å²) in [5.74, 6) is -1.33. The quantitative estimate of drug-likeness (QED) is 0.662. The van der Waals surface area contributed by atoms with E-state index in [1.807, 2.05) is 42.1 Å². The van der Waals surface area contributed by atoms with Crippen molar-refractivity contribution >= 4 is 11.9 Å². The van der Waals surface area contributed by atoms with Crippen LogP contribution in [0, 0.1) is 12.7 Å². The van der Waals surface area contributed by atoms with E-state index in [-0.39, 0.29) is 12.4 Å². The highest BCUT2D eigenvalue weighted by Gasteiger charge is 2.19. The molecule has 0 spiro atoms. The van der Waals surface area contributed by atoms with E-state index in [1.165, 1.54) is 19.1 Å². The molecule has 28 heavy (non-hydrogen) atoms. The van der Waals surface area contributed by atoms with Gasteiger partial charge in [0.25, 0.3) is 5.91 Å². The number of carbonyl (C=O) groups is 2. The van der Waals surface area contributed by atoms with Crippen molar-refractivity contribution in [1.29, 1.82) is 0 Å². The topological polar surface area (TPSA) is 60.3 Å². The number of hydrogen-bond acceptors (Lipinski definition) is 3. The first-order chi connectivity index (χ1) is 13.4. The molecule has 0 radical (unpaired) electrons. The molecule has 0 aliphatic rings. The Balaban J connectivity index is 1.61. The molecule has 0 fully saturated rings. The van der Waals surface area contributed by atoms with Crippen molar-refractivity contribution in [3.8, 4) is 5.69 Å². The molecule has 1 aromatic heterocycles. The van der Waals surface area contributed by atoms with Gasteiger partial charge >= 0.3 is 5.97 Å². The summed E-state index contributed by atoms with van der Waals surface area (Å²) in [4.78, 5) is 24.6. The smallest absolute Gasteiger partial charge is 0.338 e. The Hall–Kier alpha value is -3.41. The Labute approximate surface area is 162 Å². The van der Waals surface area contributed by atoms with Crippen molar-refractivity contribution in [3.63, 3.8) is 0 Å². The normalized spacial score (nSPS) is 11.7. The molecule has 0 saturated heterocycles. The maximum absolute atomic E-state index is 12.9. The van der Waals surface area contributed by atoms with Gasteiger partial charge in [-0.15, -0.1) is 0 Å². The van der Waals surface area contributed by atoms with E-state index in [2.05, 4.69) is 5.32 Å². The number of nitrogens with zero attached hydrogens (tertiary/aromatic N) is 1. The van der Waals surface area contributed by atoms with E-state index in [0.29, 0.717) is 5.56 Å². The van der Waals surface area contributed by atoms with Gasteiger partial charge in [-0.1, -0.05) is 18.2 Å². The average Bonchev–Trinajstić information content (AvgIpc) is 3.22. The summed E-state index contributed by atoms with van der Waals surface area (Å²) in [6.45, 7) is 3.69. The van der Waals surface area contributed by atoms with Crippen LogP contribution in [0.3, 0.4) is 0 Å². The SMILES string of the molecule is Cc1ccc(C(=O)OC(C)C(=O)NCc2ccc(F)cc2)cc1-n1cccc1. The monoisotopic (exact) mass is 380 g/mol. The van der Waals surface area contributed by atoms with Gasteiger partial charge in [0.15, 0.2) is 6.10 Å². The average molecular weight is 380 g/mol. The number of hydrogen-bond donors (Lipinski definition) is 1. The van der Waals surface area contributed by atoms with Gasteiger partial charge in [-0.2, -0.15) is 0 Å². The molecule has 1 amide bonds. The molecule has 6 heteroatoms. The number of ether oxygens (including phenoxy) is 1. The first kappa shape index (κ1) is 19.4. The zero-order chi connectivity index (χ0) is 20.1. The first-order valence-electron chi connectivity index (χ1n) is 8.91. The van der Waals surface area contributed by atoms with Gasteiger partial charge in [0.1, 0.15) is 5.82 Å². The number of aryl methyl sites for hydroxylation is 1. The van der Waals surface area contributed by atoms with Crippen molar-refractivity contribution in [2.75, 3.05) is 0 Å². The number of carbonyl (C=O) groups excluding carboxylic acids is 2. The van der Waals surface area contributed by atoms with Crippen LogP contribution in [0.5, 0.6) is 0 Å². The van der Waals surface area contributed by atoms with Crippen LogP contribution in [0.1, 0.15) is 28.4 Å². The molecular weight excluding hydrogens is 359 g/mol. The molecule has 1 atom stereocenters. The summed E-state index contributed by atoms with van der Waals surface area (Å²) >= 11 is 0. The number of nitrogens with one attached hydrogen (secondary N) is 1. The van der Waals surface area contributed by atoms with Crippen LogP contribution in [0.25, 0.3) is 5.69 Å². The Morgan fingerprint density at radius 2 is 1.79 bits per heavy atom. The molecule has 2 aromatic carbocycles. The molecule has 5 nitrogen and oxygen atoms in total. The molecule has 0 saturated carbocycles. The van der Waals surface area contributed by atoms with E-state index in [0.717, 1.165) is 16.8 Å². The zero-order valence-electron chi connectivity index (χ0n) is 15.7. The highest BCUT2D eigenvalue weighted by atomic mass is 19.1. The van der Waals surface area contributed by atoms with Gasteiger partial charge in [-0.25, -0.2) is 9.18 Å². The van der Waals surface area contributed by atoms with Gasteiger partial charge in [0, 0.05) is 24.6 Å². The molecular formula is C22H21FN2O3. The van der Waals surface area contributed by atoms with Crippen LogP contribution in [0.4, 0.5) is 4.39 Å². The van der Waals surface area contributed by atoms with E-state index in [4.69, 9.17) is 4.74 Å². The Bertz CT molecular complexity index is 966. The highest BCUT2D eigenvalue weighted by Crippen LogP contribution is 2.17. The minimum absolute atomic E-state index is 0.226. The number of rotatable bonds is 6. The second-order valence-corrected chi connectivity index (χ2v) is 6.48. The van der Waals surface area contributed by atoms with Crippen molar-refractivity contribution in [2.24, 2.45) is 0 Å². The van der Waals surface area contributed by atoms with Crippen molar-refractivity contribution in [2.45, 2.75) is 26.5 Å². The molecule has 1 N–H and O–H groups in total. The van der Waals surface area contributed by atoms with Crippen LogP contribution in [-0.4, -0.2) is 22.5 Å². The van der Waals surface area contributed by atoms with Crippen LogP contribution in [0.15, 0.2) is 67.0 Å². The summed E-state index contributed by atoms with van der Waals surface area (Å²) in [7, 11) is 0. The minimum Gasteiger partial charge on any atom is -0.449 e. The molecule has 144 valence electrons. The summed E-state index contributed by atoms with van der Waals surface area (Å²) in [6, 6.07) is 14.9. The fourth-order valence-electron chi connectivity index (χ4n) is 2.73. The summed E-state index contributed by atoms with van der Waals surface area (Å²) in [5, 5.41) is 2.68. The largest absolute Gasteiger partial charge is 0.449 e. The molecule has 0 bridgehead atoms. The van der Waals surface area contributed by atoms with Crippen LogP contribution in [-0.2, 0) is 16.1 Å². The Morgan fingerprint density at radius 3 is 2.46 bits per heavy atom. The molecule has 3 aromatic rings. The molecule has 3 rings (SSSR count). The van der Waals surface area contributed by atoms with Gasteiger partial charge < -0.3 is 14.6 Å². The maximum atomic E-state index is 12.9. The lowest BCUT2D eigenvalue weighted by Crippen LogP contribution is -2.35. The van der Waals surface area contributed by atoms with Crippen LogP contribution in [0.2, 0.25) is 0 Å². The lowest BCUT2D eigenvalue weighted by Gasteiger charge is -2.15. The molecule has 0 aliphatic carbocycles. The number of aromatic nitrogens is 1. The van der Waals surface area contributed by atoms with E-state index in [9.17, 15) is 14.0 Å².